The van der Waals surface area contributed by atoms with Gasteiger partial charge in [0.25, 0.3) is 0 Å². The minimum Gasteiger partial charge on any atom is -0.255 e. The van der Waals surface area contributed by atoms with Crippen LogP contribution >= 0.6 is 0 Å². The molecule has 6 heteroatoms. The standard InChI is InChI=1S/C36H22N6/c1-3-19-37-30(7-1)35-36(31-8-2-4-20-38-31)42-32-22-27(16-18-29(32)41-35)23-9-11-24(12-10-23)28-17-15-26-14-13-25-6-5-21-39-33(25)34(26)40-28/h1-22H. The van der Waals surface area contributed by atoms with E-state index in [9.17, 15) is 0 Å². The molecule has 0 aliphatic carbocycles. The highest BCUT2D eigenvalue weighted by atomic mass is 14.9. The predicted octanol–water partition coefficient (Wildman–Crippen LogP) is 8.18. The van der Waals surface area contributed by atoms with E-state index in [4.69, 9.17) is 15.0 Å². The predicted molar refractivity (Wildman–Crippen MR) is 167 cm³/mol. The van der Waals surface area contributed by atoms with E-state index in [1.165, 1.54) is 0 Å². The number of hydrogen-bond acceptors (Lipinski definition) is 6. The molecule has 0 unspecified atom stereocenters. The summed E-state index contributed by atoms with van der Waals surface area (Å²) in [6, 6.07) is 38.6. The van der Waals surface area contributed by atoms with Crippen molar-refractivity contribution in [2.45, 2.75) is 0 Å². The lowest BCUT2D eigenvalue weighted by Crippen LogP contribution is -1.98. The van der Waals surface area contributed by atoms with Crippen molar-refractivity contribution in [1.29, 1.82) is 0 Å². The molecule has 0 saturated heterocycles. The number of fused-ring (bicyclic) bond motifs is 4. The molecule has 0 amide bonds. The summed E-state index contributed by atoms with van der Waals surface area (Å²) in [5.41, 5.74) is 10.5. The maximum Gasteiger partial charge on any atom is 0.117 e. The lowest BCUT2D eigenvalue weighted by Gasteiger charge is -2.11. The molecular weight excluding hydrogens is 516 g/mol. The maximum absolute atomic E-state index is 5.05. The summed E-state index contributed by atoms with van der Waals surface area (Å²) in [5, 5.41) is 2.16. The van der Waals surface area contributed by atoms with Crippen LogP contribution in [0.3, 0.4) is 0 Å². The molecule has 0 saturated carbocycles. The second-order valence-electron chi connectivity index (χ2n) is 10.0. The fraction of sp³-hybridized carbons (Fsp3) is 0. The van der Waals surface area contributed by atoms with Crippen molar-refractivity contribution in [2.24, 2.45) is 0 Å². The van der Waals surface area contributed by atoms with Crippen LogP contribution in [0.1, 0.15) is 0 Å². The number of hydrogen-bond donors (Lipinski definition) is 0. The molecule has 0 spiro atoms. The Hall–Kier alpha value is -5.88. The molecule has 8 rings (SSSR count). The normalized spacial score (nSPS) is 11.3. The van der Waals surface area contributed by atoms with E-state index in [0.29, 0.717) is 11.4 Å². The van der Waals surface area contributed by atoms with Crippen molar-refractivity contribution in [2.75, 3.05) is 0 Å². The Morgan fingerprint density at radius 2 is 0.976 bits per heavy atom. The molecule has 196 valence electrons. The van der Waals surface area contributed by atoms with Crippen LogP contribution in [-0.4, -0.2) is 29.9 Å². The highest BCUT2D eigenvalue weighted by molar-refractivity contribution is 6.03. The molecule has 42 heavy (non-hydrogen) atoms. The summed E-state index contributed by atoms with van der Waals surface area (Å²) in [6.45, 7) is 0. The van der Waals surface area contributed by atoms with Crippen LogP contribution < -0.4 is 0 Å². The third-order valence-electron chi connectivity index (χ3n) is 7.43. The SMILES string of the molecule is c1ccc(-c2nc3ccc(-c4ccc(-c5ccc6ccc7cccnc7c6n5)cc4)cc3nc2-c2ccccn2)nc1. The fourth-order valence-corrected chi connectivity index (χ4v) is 5.31. The maximum atomic E-state index is 5.05. The van der Waals surface area contributed by atoms with E-state index < -0.39 is 0 Å². The number of aromatic nitrogens is 6. The van der Waals surface area contributed by atoms with Crippen LogP contribution in [0.15, 0.2) is 134 Å². The lowest BCUT2D eigenvalue weighted by molar-refractivity contribution is 1.21. The smallest absolute Gasteiger partial charge is 0.117 e. The summed E-state index contributed by atoms with van der Waals surface area (Å²) in [5.74, 6) is 0. The zero-order valence-electron chi connectivity index (χ0n) is 22.4. The van der Waals surface area contributed by atoms with E-state index in [2.05, 4.69) is 81.7 Å². The Labute approximate surface area is 241 Å². The third-order valence-corrected chi connectivity index (χ3v) is 7.43. The van der Waals surface area contributed by atoms with Crippen molar-refractivity contribution >= 4 is 32.8 Å². The summed E-state index contributed by atoms with van der Waals surface area (Å²) < 4.78 is 0. The third kappa shape index (κ3) is 4.22. The molecule has 6 nitrogen and oxygen atoms in total. The van der Waals surface area contributed by atoms with Crippen LogP contribution in [-0.2, 0) is 0 Å². The van der Waals surface area contributed by atoms with E-state index in [1.54, 1.807) is 12.4 Å². The first-order valence-corrected chi connectivity index (χ1v) is 13.7. The van der Waals surface area contributed by atoms with Crippen LogP contribution in [0.2, 0.25) is 0 Å². The van der Waals surface area contributed by atoms with Crippen LogP contribution in [0.5, 0.6) is 0 Å². The second kappa shape index (κ2) is 9.94. The number of rotatable bonds is 4. The van der Waals surface area contributed by atoms with E-state index in [1.807, 2.05) is 54.7 Å². The number of benzene rings is 3. The van der Waals surface area contributed by atoms with Gasteiger partial charge in [0, 0.05) is 34.9 Å². The molecule has 5 aromatic heterocycles. The van der Waals surface area contributed by atoms with Crippen molar-refractivity contribution in [3.05, 3.63) is 134 Å². The van der Waals surface area contributed by atoms with Crippen LogP contribution in [0.4, 0.5) is 0 Å². The van der Waals surface area contributed by atoms with Crippen LogP contribution in [0.25, 0.3) is 78.0 Å². The zero-order chi connectivity index (χ0) is 27.9. The molecular formula is C36H22N6. The molecule has 3 aromatic carbocycles. The Balaban J connectivity index is 1.19. The van der Waals surface area contributed by atoms with Gasteiger partial charge in [-0.25, -0.2) is 15.0 Å². The van der Waals surface area contributed by atoms with Gasteiger partial charge in [-0.1, -0.05) is 66.7 Å². The average molecular weight is 539 g/mol. The van der Waals surface area contributed by atoms with Gasteiger partial charge in [-0.2, -0.15) is 0 Å². The molecule has 0 N–H and O–H groups in total. The van der Waals surface area contributed by atoms with Gasteiger partial charge in [-0.15, -0.1) is 0 Å². The van der Waals surface area contributed by atoms with E-state index in [-0.39, 0.29) is 0 Å². The highest BCUT2D eigenvalue weighted by Crippen LogP contribution is 2.32. The molecule has 0 aliphatic heterocycles. The quantitative estimate of drug-likeness (QED) is 0.210. The average Bonchev–Trinajstić information content (AvgIpc) is 3.08. The van der Waals surface area contributed by atoms with Crippen molar-refractivity contribution in [3.8, 4) is 45.2 Å². The molecule has 8 aromatic rings. The van der Waals surface area contributed by atoms with Crippen molar-refractivity contribution in [3.63, 3.8) is 0 Å². The first kappa shape index (κ1) is 24.0. The van der Waals surface area contributed by atoms with Gasteiger partial charge in [-0.05, 0) is 59.7 Å². The van der Waals surface area contributed by atoms with Gasteiger partial charge in [-0.3, -0.25) is 15.0 Å². The topological polar surface area (TPSA) is 77.3 Å². The minimum absolute atomic E-state index is 0.707. The minimum atomic E-state index is 0.707. The Bertz CT molecular complexity index is 2230. The molecule has 0 aliphatic rings. The van der Waals surface area contributed by atoms with E-state index in [0.717, 1.165) is 66.6 Å². The first-order chi connectivity index (χ1) is 20.8. The second-order valence-corrected chi connectivity index (χ2v) is 10.0. The number of nitrogens with zero attached hydrogens (tertiary/aromatic N) is 6. The molecule has 0 fully saturated rings. The molecule has 5 heterocycles. The largest absolute Gasteiger partial charge is 0.255 e. The monoisotopic (exact) mass is 538 g/mol. The van der Waals surface area contributed by atoms with Gasteiger partial charge < -0.3 is 0 Å². The highest BCUT2D eigenvalue weighted by Gasteiger charge is 2.15. The zero-order valence-corrected chi connectivity index (χ0v) is 22.4. The van der Waals surface area contributed by atoms with Crippen LogP contribution in [0, 0.1) is 0 Å². The lowest BCUT2D eigenvalue weighted by atomic mass is 10.0. The first-order valence-electron chi connectivity index (χ1n) is 13.7. The molecule has 0 atom stereocenters. The van der Waals surface area contributed by atoms with Crippen molar-refractivity contribution < 1.29 is 0 Å². The summed E-state index contributed by atoms with van der Waals surface area (Å²) in [4.78, 5) is 28.7. The Morgan fingerprint density at radius 1 is 0.357 bits per heavy atom. The van der Waals surface area contributed by atoms with Gasteiger partial charge in [0.1, 0.15) is 11.4 Å². The molecule has 0 bridgehead atoms. The summed E-state index contributed by atoms with van der Waals surface area (Å²) in [7, 11) is 0. The van der Waals surface area contributed by atoms with Gasteiger partial charge in [0.2, 0.25) is 0 Å². The Morgan fingerprint density at radius 3 is 1.69 bits per heavy atom. The van der Waals surface area contributed by atoms with Gasteiger partial charge in [0.05, 0.1) is 39.1 Å². The fourth-order valence-electron chi connectivity index (χ4n) is 5.31. The summed E-state index contributed by atoms with van der Waals surface area (Å²) >= 11 is 0. The van der Waals surface area contributed by atoms with E-state index >= 15 is 0 Å². The molecule has 0 radical (unpaired) electrons. The van der Waals surface area contributed by atoms with Gasteiger partial charge in [0.15, 0.2) is 0 Å². The summed E-state index contributed by atoms with van der Waals surface area (Å²) in [6.07, 6.45) is 5.35. The van der Waals surface area contributed by atoms with Crippen molar-refractivity contribution in [1.82, 2.24) is 29.9 Å². The Kier molecular flexibility index (Phi) is 5.67. The number of pyridine rings is 4. The van der Waals surface area contributed by atoms with Gasteiger partial charge >= 0.3 is 0 Å².